The fourth-order valence-corrected chi connectivity index (χ4v) is 2.38. The first-order valence-electron chi connectivity index (χ1n) is 8.12. The van der Waals surface area contributed by atoms with Crippen molar-refractivity contribution < 1.29 is 9.53 Å². The summed E-state index contributed by atoms with van der Waals surface area (Å²) in [7, 11) is 0. The highest BCUT2D eigenvalue weighted by atomic mass is 32.1. The molecule has 26 heavy (non-hydrogen) atoms. The Morgan fingerprint density at radius 2 is 1.73 bits per heavy atom. The molecule has 0 bridgehead atoms. The number of nitriles is 1. The lowest BCUT2D eigenvalue weighted by atomic mass is 9.87. The number of nitrogens with one attached hydrogen (secondary N) is 2. The Bertz CT molecular complexity index is 816. The van der Waals surface area contributed by atoms with Gasteiger partial charge in [0.1, 0.15) is 5.75 Å². The van der Waals surface area contributed by atoms with Crippen molar-refractivity contribution in [1.82, 2.24) is 5.32 Å². The molecule has 0 fully saturated rings. The summed E-state index contributed by atoms with van der Waals surface area (Å²) in [6.07, 6.45) is 0. The van der Waals surface area contributed by atoms with Crippen molar-refractivity contribution in [2.75, 3.05) is 11.9 Å². The second-order valence-electron chi connectivity index (χ2n) is 6.75. The van der Waals surface area contributed by atoms with Gasteiger partial charge in [0.2, 0.25) is 0 Å². The van der Waals surface area contributed by atoms with Gasteiger partial charge in [0.05, 0.1) is 11.6 Å². The van der Waals surface area contributed by atoms with Crippen LogP contribution in [0.4, 0.5) is 5.69 Å². The van der Waals surface area contributed by atoms with Gasteiger partial charge in [0, 0.05) is 5.69 Å². The molecule has 0 heterocycles. The molecule has 0 unspecified atom stereocenters. The quantitative estimate of drug-likeness (QED) is 0.805. The number of carbonyl (C=O) groups excluding carboxylic acids is 1. The van der Waals surface area contributed by atoms with E-state index in [4.69, 9.17) is 22.2 Å². The third-order valence-corrected chi connectivity index (χ3v) is 3.82. The second kappa shape index (κ2) is 8.45. The molecule has 5 nitrogen and oxygen atoms in total. The number of rotatable bonds is 4. The highest BCUT2D eigenvalue weighted by Gasteiger charge is 2.13. The molecular weight excluding hydrogens is 346 g/mol. The van der Waals surface area contributed by atoms with Crippen molar-refractivity contribution in [3.63, 3.8) is 0 Å². The van der Waals surface area contributed by atoms with Gasteiger partial charge in [-0.1, -0.05) is 32.9 Å². The summed E-state index contributed by atoms with van der Waals surface area (Å²) in [5, 5.41) is 14.4. The molecular formula is C20H21N3O2S. The number of thiocarbonyl (C=S) groups is 1. The average molecular weight is 367 g/mol. The van der Waals surface area contributed by atoms with E-state index in [0.29, 0.717) is 17.0 Å². The van der Waals surface area contributed by atoms with E-state index < -0.39 is 0 Å². The van der Waals surface area contributed by atoms with Crippen LogP contribution in [0.3, 0.4) is 0 Å². The molecule has 2 rings (SSSR count). The van der Waals surface area contributed by atoms with E-state index in [1.54, 1.807) is 24.3 Å². The van der Waals surface area contributed by atoms with Gasteiger partial charge in [-0.25, -0.2) is 0 Å². The number of hydrogen-bond acceptors (Lipinski definition) is 4. The van der Waals surface area contributed by atoms with Gasteiger partial charge < -0.3 is 10.1 Å². The number of amides is 1. The third-order valence-electron chi connectivity index (χ3n) is 3.62. The zero-order valence-corrected chi connectivity index (χ0v) is 15.8. The predicted molar refractivity (Wildman–Crippen MR) is 106 cm³/mol. The Labute approximate surface area is 159 Å². The molecule has 2 aromatic rings. The van der Waals surface area contributed by atoms with Gasteiger partial charge in [0.25, 0.3) is 5.91 Å². The van der Waals surface area contributed by atoms with E-state index in [9.17, 15) is 4.79 Å². The van der Waals surface area contributed by atoms with Crippen LogP contribution in [-0.2, 0) is 10.2 Å². The normalized spacial score (nSPS) is 10.5. The van der Waals surface area contributed by atoms with Crippen molar-refractivity contribution in [1.29, 1.82) is 5.26 Å². The van der Waals surface area contributed by atoms with E-state index in [1.807, 2.05) is 30.3 Å². The fourth-order valence-electron chi connectivity index (χ4n) is 2.15. The van der Waals surface area contributed by atoms with Crippen LogP contribution in [0.2, 0.25) is 0 Å². The van der Waals surface area contributed by atoms with E-state index in [-0.39, 0.29) is 23.0 Å². The summed E-state index contributed by atoms with van der Waals surface area (Å²) in [5.41, 5.74) is 2.51. The summed E-state index contributed by atoms with van der Waals surface area (Å²) < 4.78 is 5.48. The first-order valence-corrected chi connectivity index (χ1v) is 8.53. The highest BCUT2D eigenvalue weighted by Crippen LogP contribution is 2.24. The van der Waals surface area contributed by atoms with Gasteiger partial charge in [-0.2, -0.15) is 5.26 Å². The van der Waals surface area contributed by atoms with E-state index in [0.717, 1.165) is 0 Å². The van der Waals surface area contributed by atoms with Crippen LogP contribution in [-0.4, -0.2) is 17.6 Å². The van der Waals surface area contributed by atoms with Crippen LogP contribution in [0.1, 0.15) is 31.9 Å². The zero-order valence-electron chi connectivity index (χ0n) is 15.0. The molecule has 134 valence electrons. The minimum atomic E-state index is -0.351. The van der Waals surface area contributed by atoms with Crippen molar-refractivity contribution in [3.8, 4) is 11.8 Å². The molecule has 0 radical (unpaired) electrons. The number of hydrogen-bond donors (Lipinski definition) is 2. The topological polar surface area (TPSA) is 74.2 Å². The molecule has 0 aromatic heterocycles. The van der Waals surface area contributed by atoms with E-state index in [1.165, 1.54) is 5.56 Å². The Morgan fingerprint density at radius 3 is 2.27 bits per heavy atom. The largest absolute Gasteiger partial charge is 0.484 e. The monoisotopic (exact) mass is 367 g/mol. The standard InChI is InChI=1S/C20H21N3O2S/c1-20(2,3)15-6-10-17(11-7-15)25-13-18(24)23-19(26)22-16-8-4-14(12-21)5-9-16/h4-11H,13H2,1-3H3,(H2,22,23,24,26). The molecule has 2 aromatic carbocycles. The van der Waals surface area contributed by atoms with Crippen LogP contribution in [0.25, 0.3) is 0 Å². The van der Waals surface area contributed by atoms with Gasteiger partial charge in [0.15, 0.2) is 11.7 Å². The first kappa shape index (κ1) is 19.4. The summed E-state index contributed by atoms with van der Waals surface area (Å²) in [6.45, 7) is 6.28. The maximum Gasteiger partial charge on any atom is 0.264 e. The van der Waals surface area contributed by atoms with Crippen LogP contribution in [0, 0.1) is 11.3 Å². The average Bonchev–Trinajstić information content (AvgIpc) is 2.60. The van der Waals surface area contributed by atoms with Crippen molar-refractivity contribution in [2.45, 2.75) is 26.2 Å². The SMILES string of the molecule is CC(C)(C)c1ccc(OCC(=O)NC(=S)Nc2ccc(C#N)cc2)cc1. The maximum atomic E-state index is 11.9. The number of anilines is 1. The number of ether oxygens (including phenoxy) is 1. The van der Waals surface area contributed by atoms with Crippen molar-refractivity contribution in [3.05, 3.63) is 59.7 Å². The summed E-state index contributed by atoms with van der Waals surface area (Å²) in [4.78, 5) is 11.9. The van der Waals surface area contributed by atoms with Crippen LogP contribution in [0.5, 0.6) is 5.75 Å². The lowest BCUT2D eigenvalue weighted by Crippen LogP contribution is -2.37. The molecule has 6 heteroatoms. The smallest absolute Gasteiger partial charge is 0.264 e. The Kier molecular flexibility index (Phi) is 6.31. The van der Waals surface area contributed by atoms with Crippen LogP contribution < -0.4 is 15.4 Å². The maximum absolute atomic E-state index is 11.9. The minimum Gasteiger partial charge on any atom is -0.484 e. The van der Waals surface area contributed by atoms with Crippen molar-refractivity contribution >= 4 is 28.9 Å². The fraction of sp³-hybridized carbons (Fsp3) is 0.250. The van der Waals surface area contributed by atoms with E-state index >= 15 is 0 Å². The molecule has 0 spiro atoms. The number of nitrogens with zero attached hydrogens (tertiary/aromatic N) is 1. The lowest BCUT2D eigenvalue weighted by Gasteiger charge is -2.19. The summed E-state index contributed by atoms with van der Waals surface area (Å²) in [6, 6.07) is 16.5. The molecule has 0 aliphatic rings. The van der Waals surface area contributed by atoms with Crippen molar-refractivity contribution in [2.24, 2.45) is 0 Å². The summed E-state index contributed by atoms with van der Waals surface area (Å²) >= 11 is 5.10. The molecule has 0 saturated carbocycles. The lowest BCUT2D eigenvalue weighted by molar-refractivity contribution is -0.121. The second-order valence-corrected chi connectivity index (χ2v) is 7.16. The highest BCUT2D eigenvalue weighted by molar-refractivity contribution is 7.80. The van der Waals surface area contributed by atoms with Gasteiger partial charge >= 0.3 is 0 Å². The Hall–Kier alpha value is -2.91. The number of benzene rings is 2. The molecule has 2 N–H and O–H groups in total. The molecule has 0 saturated heterocycles. The van der Waals surface area contributed by atoms with E-state index in [2.05, 4.69) is 31.4 Å². The molecule has 1 amide bonds. The van der Waals surface area contributed by atoms with Gasteiger partial charge in [-0.15, -0.1) is 0 Å². The summed E-state index contributed by atoms with van der Waals surface area (Å²) in [5.74, 6) is 0.273. The van der Waals surface area contributed by atoms with Crippen LogP contribution >= 0.6 is 12.2 Å². The van der Waals surface area contributed by atoms with Gasteiger partial charge in [-0.3, -0.25) is 10.1 Å². The Morgan fingerprint density at radius 1 is 1.12 bits per heavy atom. The van der Waals surface area contributed by atoms with Gasteiger partial charge in [-0.05, 0) is 59.6 Å². The zero-order chi connectivity index (χ0) is 19.2. The molecule has 0 aliphatic carbocycles. The third kappa shape index (κ3) is 5.87. The first-order chi connectivity index (χ1) is 12.3. The molecule has 0 aliphatic heterocycles. The predicted octanol–water partition coefficient (Wildman–Crippen LogP) is 3.75. The molecule has 0 atom stereocenters. The minimum absolute atomic E-state index is 0.0687. The van der Waals surface area contributed by atoms with Crippen LogP contribution in [0.15, 0.2) is 48.5 Å². The number of carbonyl (C=O) groups is 1. The Balaban J connectivity index is 1.80.